The standard InChI is InChI=1S/C23H26ClFN2O5S/c1-16(22(28)26-13-10-17-2-6-20(25)7-3-17)32-23(29)18-11-14-27(15-12-18)33(30,31)21-8-4-19(24)5-9-21/h2-9,16,18H,10-15H2,1H3,(H,26,28). The first-order chi connectivity index (χ1) is 15.7. The summed E-state index contributed by atoms with van der Waals surface area (Å²) in [6, 6.07) is 11.9. The van der Waals surface area contributed by atoms with Crippen LogP contribution in [0.15, 0.2) is 53.4 Å². The third kappa shape index (κ3) is 6.75. The van der Waals surface area contributed by atoms with Crippen LogP contribution in [0.1, 0.15) is 25.3 Å². The van der Waals surface area contributed by atoms with Crippen molar-refractivity contribution in [2.24, 2.45) is 5.92 Å². The molecule has 1 aliphatic heterocycles. The molecule has 0 spiro atoms. The van der Waals surface area contributed by atoms with Crippen molar-refractivity contribution >= 4 is 33.5 Å². The molecule has 0 aliphatic carbocycles. The van der Waals surface area contributed by atoms with Gasteiger partial charge in [-0.2, -0.15) is 4.31 Å². The first-order valence-corrected chi connectivity index (χ1v) is 12.5. The third-order valence-corrected chi connectivity index (χ3v) is 7.69. The fourth-order valence-electron chi connectivity index (χ4n) is 3.54. The van der Waals surface area contributed by atoms with Crippen molar-refractivity contribution < 1.29 is 27.1 Å². The molecule has 1 unspecified atom stereocenters. The molecule has 0 bridgehead atoms. The van der Waals surface area contributed by atoms with Crippen molar-refractivity contribution in [3.05, 3.63) is 64.9 Å². The normalized spacial score (nSPS) is 16.2. The Labute approximate surface area is 197 Å². The Morgan fingerprint density at radius 3 is 2.33 bits per heavy atom. The number of amides is 1. The van der Waals surface area contributed by atoms with Crippen LogP contribution in [0.2, 0.25) is 5.02 Å². The Balaban J connectivity index is 1.43. The zero-order valence-electron chi connectivity index (χ0n) is 18.2. The van der Waals surface area contributed by atoms with E-state index in [1.54, 1.807) is 12.1 Å². The van der Waals surface area contributed by atoms with E-state index in [0.717, 1.165) is 5.56 Å². The first-order valence-electron chi connectivity index (χ1n) is 10.6. The molecule has 33 heavy (non-hydrogen) atoms. The minimum absolute atomic E-state index is 0.152. The predicted molar refractivity (Wildman–Crippen MR) is 122 cm³/mol. The maximum absolute atomic E-state index is 12.9. The van der Waals surface area contributed by atoms with E-state index in [9.17, 15) is 22.4 Å². The number of ether oxygens (including phenoxy) is 1. The fraction of sp³-hybridized carbons (Fsp3) is 0.391. The highest BCUT2D eigenvalue weighted by Crippen LogP contribution is 2.25. The maximum atomic E-state index is 12.9. The van der Waals surface area contributed by atoms with Crippen LogP contribution in [0.25, 0.3) is 0 Å². The lowest BCUT2D eigenvalue weighted by atomic mass is 9.98. The molecule has 0 saturated carbocycles. The number of esters is 1. The molecule has 0 radical (unpaired) electrons. The van der Waals surface area contributed by atoms with Crippen molar-refractivity contribution in [3.8, 4) is 0 Å². The number of nitrogens with zero attached hydrogens (tertiary/aromatic N) is 1. The largest absolute Gasteiger partial charge is 0.452 e. The van der Waals surface area contributed by atoms with Crippen LogP contribution in [0.4, 0.5) is 4.39 Å². The summed E-state index contributed by atoms with van der Waals surface area (Å²) >= 11 is 5.83. The summed E-state index contributed by atoms with van der Waals surface area (Å²) in [6.07, 6.45) is 0.170. The first kappa shape index (κ1) is 25.1. The van der Waals surface area contributed by atoms with Crippen molar-refractivity contribution in [1.29, 1.82) is 0 Å². The molecule has 3 rings (SSSR count). The van der Waals surface area contributed by atoms with E-state index < -0.39 is 33.9 Å². The van der Waals surface area contributed by atoms with Gasteiger partial charge in [0.2, 0.25) is 10.0 Å². The molecule has 1 N–H and O–H groups in total. The van der Waals surface area contributed by atoms with E-state index in [0.29, 0.717) is 30.8 Å². The lowest BCUT2D eigenvalue weighted by Gasteiger charge is -2.30. The zero-order chi connectivity index (χ0) is 24.0. The molecule has 0 aromatic heterocycles. The van der Waals surface area contributed by atoms with Gasteiger partial charge >= 0.3 is 5.97 Å². The molecule has 1 fully saturated rings. The molecular formula is C23H26ClFN2O5S. The van der Waals surface area contributed by atoms with Gasteiger partial charge in [-0.1, -0.05) is 23.7 Å². The number of hydrogen-bond acceptors (Lipinski definition) is 5. The van der Waals surface area contributed by atoms with Crippen molar-refractivity contribution in [2.75, 3.05) is 19.6 Å². The Morgan fingerprint density at radius 2 is 1.73 bits per heavy atom. The van der Waals surface area contributed by atoms with Gasteiger partial charge in [-0.3, -0.25) is 9.59 Å². The molecule has 1 atom stereocenters. The molecule has 10 heteroatoms. The van der Waals surface area contributed by atoms with Gasteiger partial charge in [-0.05, 0) is 68.1 Å². The van der Waals surface area contributed by atoms with Gasteiger partial charge in [-0.15, -0.1) is 0 Å². The maximum Gasteiger partial charge on any atom is 0.309 e. The number of rotatable bonds is 8. The lowest BCUT2D eigenvalue weighted by Crippen LogP contribution is -2.42. The Bertz CT molecular complexity index is 1070. The van der Waals surface area contributed by atoms with Gasteiger partial charge in [0.15, 0.2) is 6.10 Å². The lowest BCUT2D eigenvalue weighted by molar-refractivity contribution is -0.159. The van der Waals surface area contributed by atoms with Crippen LogP contribution in [-0.4, -0.2) is 50.3 Å². The molecule has 1 aliphatic rings. The van der Waals surface area contributed by atoms with E-state index in [-0.39, 0.29) is 23.8 Å². The Hall–Kier alpha value is -2.49. The third-order valence-electron chi connectivity index (χ3n) is 5.53. The SMILES string of the molecule is CC(OC(=O)C1CCN(S(=O)(=O)c2ccc(Cl)cc2)CC1)C(=O)NCCc1ccc(F)cc1. The predicted octanol–water partition coefficient (Wildman–Crippen LogP) is 3.17. The van der Waals surface area contributed by atoms with E-state index in [2.05, 4.69) is 5.32 Å². The molecular weight excluding hydrogens is 471 g/mol. The molecule has 7 nitrogen and oxygen atoms in total. The average molecular weight is 497 g/mol. The number of benzene rings is 2. The minimum Gasteiger partial charge on any atom is -0.452 e. The number of hydrogen-bond donors (Lipinski definition) is 1. The number of carbonyl (C=O) groups excluding carboxylic acids is 2. The van der Waals surface area contributed by atoms with Gasteiger partial charge in [0.25, 0.3) is 5.91 Å². The van der Waals surface area contributed by atoms with E-state index in [4.69, 9.17) is 16.3 Å². The number of halogens is 2. The van der Waals surface area contributed by atoms with E-state index in [1.807, 2.05) is 0 Å². The van der Waals surface area contributed by atoms with Gasteiger partial charge in [0, 0.05) is 24.7 Å². The number of sulfonamides is 1. The topological polar surface area (TPSA) is 92.8 Å². The van der Waals surface area contributed by atoms with E-state index >= 15 is 0 Å². The monoisotopic (exact) mass is 496 g/mol. The summed E-state index contributed by atoms with van der Waals surface area (Å²) in [6.45, 7) is 2.19. The van der Waals surface area contributed by atoms with Crippen molar-refractivity contribution in [2.45, 2.75) is 37.2 Å². The summed E-state index contributed by atoms with van der Waals surface area (Å²) in [4.78, 5) is 24.9. The molecule has 1 heterocycles. The number of carbonyl (C=O) groups is 2. The average Bonchev–Trinajstić information content (AvgIpc) is 2.80. The summed E-state index contributed by atoms with van der Waals surface area (Å²) in [5.41, 5.74) is 0.877. The fourth-order valence-corrected chi connectivity index (χ4v) is 5.13. The van der Waals surface area contributed by atoms with Crippen molar-refractivity contribution in [3.63, 3.8) is 0 Å². The van der Waals surface area contributed by atoms with Crippen LogP contribution in [0, 0.1) is 11.7 Å². The van der Waals surface area contributed by atoms with Gasteiger partial charge in [-0.25, -0.2) is 12.8 Å². The second-order valence-electron chi connectivity index (χ2n) is 7.88. The molecule has 1 amide bonds. The van der Waals surface area contributed by atoms with Gasteiger partial charge in [0.05, 0.1) is 10.8 Å². The summed E-state index contributed by atoms with van der Waals surface area (Å²) in [5.74, 6) is -1.74. The summed E-state index contributed by atoms with van der Waals surface area (Å²) in [7, 11) is -3.66. The van der Waals surface area contributed by atoms with Crippen LogP contribution in [0.3, 0.4) is 0 Å². The summed E-state index contributed by atoms with van der Waals surface area (Å²) < 4.78 is 45.1. The molecule has 178 valence electrons. The van der Waals surface area contributed by atoms with Gasteiger partial charge in [0.1, 0.15) is 5.82 Å². The van der Waals surface area contributed by atoms with Crippen LogP contribution in [0.5, 0.6) is 0 Å². The highest BCUT2D eigenvalue weighted by atomic mass is 35.5. The highest BCUT2D eigenvalue weighted by molar-refractivity contribution is 7.89. The number of piperidine rings is 1. The second kappa shape index (κ2) is 11.1. The molecule has 2 aromatic rings. The molecule has 2 aromatic carbocycles. The van der Waals surface area contributed by atoms with Crippen LogP contribution < -0.4 is 5.32 Å². The van der Waals surface area contributed by atoms with E-state index in [1.165, 1.54) is 47.6 Å². The quantitative estimate of drug-likeness (QED) is 0.567. The summed E-state index contributed by atoms with van der Waals surface area (Å²) in [5, 5.41) is 3.14. The number of nitrogens with one attached hydrogen (secondary N) is 1. The zero-order valence-corrected chi connectivity index (χ0v) is 19.7. The second-order valence-corrected chi connectivity index (χ2v) is 10.3. The minimum atomic E-state index is -3.66. The van der Waals surface area contributed by atoms with Crippen molar-refractivity contribution in [1.82, 2.24) is 9.62 Å². The highest BCUT2D eigenvalue weighted by Gasteiger charge is 2.33. The molecule has 1 saturated heterocycles. The van der Waals surface area contributed by atoms with Crippen LogP contribution >= 0.6 is 11.6 Å². The van der Waals surface area contributed by atoms with Gasteiger partial charge < -0.3 is 10.1 Å². The van der Waals surface area contributed by atoms with Crippen LogP contribution in [-0.2, 0) is 30.8 Å². The smallest absolute Gasteiger partial charge is 0.309 e. The Kier molecular flexibility index (Phi) is 8.45. The Morgan fingerprint density at radius 1 is 1.12 bits per heavy atom.